The molecule has 3 rings (SSSR count). The molecule has 0 fully saturated rings. The SMILES string of the molecule is CC(C)(C)OC(=O)n1c2ccccc2c2ccc(O)cc21. The molecule has 0 bridgehead atoms. The summed E-state index contributed by atoms with van der Waals surface area (Å²) in [5.74, 6) is 0.120. The molecule has 1 aromatic heterocycles. The van der Waals surface area contributed by atoms with Crippen LogP contribution in [-0.4, -0.2) is 21.4 Å². The highest BCUT2D eigenvalue weighted by molar-refractivity contribution is 6.12. The molecule has 2 aromatic carbocycles. The van der Waals surface area contributed by atoms with Gasteiger partial charge in [0.25, 0.3) is 0 Å². The molecule has 0 aliphatic rings. The molecule has 0 unspecified atom stereocenters. The number of benzene rings is 2. The summed E-state index contributed by atoms with van der Waals surface area (Å²) in [4.78, 5) is 12.5. The third kappa shape index (κ3) is 2.33. The highest BCUT2D eigenvalue weighted by Crippen LogP contribution is 2.31. The maximum Gasteiger partial charge on any atom is 0.419 e. The summed E-state index contributed by atoms with van der Waals surface area (Å²) >= 11 is 0. The standard InChI is InChI=1S/C17H17NO3/c1-17(2,3)21-16(20)18-14-7-5-4-6-12(14)13-9-8-11(19)10-15(13)18/h4-10,19H,1-3H3. The van der Waals surface area contributed by atoms with Crippen LogP contribution in [0.25, 0.3) is 21.8 Å². The maximum absolute atomic E-state index is 12.5. The van der Waals surface area contributed by atoms with Gasteiger partial charge in [-0.15, -0.1) is 0 Å². The largest absolute Gasteiger partial charge is 0.508 e. The van der Waals surface area contributed by atoms with Crippen LogP contribution in [-0.2, 0) is 4.74 Å². The minimum Gasteiger partial charge on any atom is -0.508 e. The Morgan fingerprint density at radius 3 is 2.43 bits per heavy atom. The van der Waals surface area contributed by atoms with Crippen molar-refractivity contribution in [1.29, 1.82) is 0 Å². The van der Waals surface area contributed by atoms with Gasteiger partial charge in [-0.05, 0) is 39.0 Å². The fourth-order valence-corrected chi connectivity index (χ4v) is 2.46. The van der Waals surface area contributed by atoms with Crippen LogP contribution >= 0.6 is 0 Å². The number of aromatic nitrogens is 1. The second-order valence-corrected chi connectivity index (χ2v) is 6.03. The average molecular weight is 283 g/mol. The van der Waals surface area contributed by atoms with Gasteiger partial charge in [0.1, 0.15) is 11.4 Å². The van der Waals surface area contributed by atoms with Crippen molar-refractivity contribution in [2.75, 3.05) is 0 Å². The van der Waals surface area contributed by atoms with Gasteiger partial charge in [-0.25, -0.2) is 9.36 Å². The van der Waals surface area contributed by atoms with E-state index in [2.05, 4.69) is 0 Å². The number of para-hydroxylation sites is 1. The van der Waals surface area contributed by atoms with Crippen LogP contribution in [0, 0.1) is 0 Å². The Balaban J connectivity index is 2.32. The monoisotopic (exact) mass is 283 g/mol. The number of carbonyl (C=O) groups is 1. The lowest BCUT2D eigenvalue weighted by molar-refractivity contribution is 0.0551. The zero-order valence-corrected chi connectivity index (χ0v) is 12.3. The van der Waals surface area contributed by atoms with Crippen LogP contribution in [0.15, 0.2) is 42.5 Å². The highest BCUT2D eigenvalue weighted by atomic mass is 16.6. The fraction of sp³-hybridized carbons (Fsp3) is 0.235. The lowest BCUT2D eigenvalue weighted by atomic mass is 10.1. The van der Waals surface area contributed by atoms with Crippen LogP contribution in [0.5, 0.6) is 5.75 Å². The van der Waals surface area contributed by atoms with Crippen molar-refractivity contribution in [3.05, 3.63) is 42.5 Å². The summed E-state index contributed by atoms with van der Waals surface area (Å²) in [5, 5.41) is 11.6. The smallest absolute Gasteiger partial charge is 0.419 e. The summed E-state index contributed by atoms with van der Waals surface area (Å²) < 4.78 is 6.99. The van der Waals surface area contributed by atoms with Gasteiger partial charge < -0.3 is 9.84 Å². The zero-order valence-electron chi connectivity index (χ0n) is 12.3. The number of hydrogen-bond acceptors (Lipinski definition) is 3. The summed E-state index contributed by atoms with van der Waals surface area (Å²) in [5.41, 5.74) is 0.837. The number of phenols is 1. The number of hydrogen-bond donors (Lipinski definition) is 1. The van der Waals surface area contributed by atoms with Crippen molar-refractivity contribution in [2.45, 2.75) is 26.4 Å². The van der Waals surface area contributed by atoms with Gasteiger partial charge in [0.15, 0.2) is 0 Å². The molecule has 0 saturated heterocycles. The van der Waals surface area contributed by atoms with E-state index in [0.717, 1.165) is 16.3 Å². The first-order valence-corrected chi connectivity index (χ1v) is 6.82. The molecular weight excluding hydrogens is 266 g/mol. The summed E-state index contributed by atoms with van der Waals surface area (Å²) in [6, 6.07) is 12.6. The van der Waals surface area contributed by atoms with Gasteiger partial charge in [0.05, 0.1) is 11.0 Å². The predicted octanol–water partition coefficient (Wildman–Crippen LogP) is 4.28. The van der Waals surface area contributed by atoms with Gasteiger partial charge >= 0.3 is 6.09 Å². The number of ether oxygens (including phenoxy) is 1. The van der Waals surface area contributed by atoms with Crippen molar-refractivity contribution < 1.29 is 14.6 Å². The number of fused-ring (bicyclic) bond motifs is 3. The average Bonchev–Trinajstić information content (AvgIpc) is 2.70. The first-order valence-electron chi connectivity index (χ1n) is 6.82. The molecule has 0 amide bonds. The Hall–Kier alpha value is -2.49. The normalized spacial score (nSPS) is 12.0. The molecule has 0 spiro atoms. The lowest BCUT2D eigenvalue weighted by Crippen LogP contribution is -2.27. The van der Waals surface area contributed by atoms with E-state index in [0.29, 0.717) is 5.52 Å². The Labute approximate surface area is 122 Å². The maximum atomic E-state index is 12.5. The van der Waals surface area contributed by atoms with E-state index in [4.69, 9.17) is 4.74 Å². The van der Waals surface area contributed by atoms with E-state index in [1.807, 2.05) is 51.1 Å². The Morgan fingerprint density at radius 2 is 1.71 bits per heavy atom. The van der Waals surface area contributed by atoms with Gasteiger partial charge in [-0.2, -0.15) is 0 Å². The van der Waals surface area contributed by atoms with Crippen LogP contribution in [0.3, 0.4) is 0 Å². The molecule has 0 saturated carbocycles. The molecule has 3 aromatic rings. The second kappa shape index (κ2) is 4.52. The minimum absolute atomic E-state index is 0.120. The van der Waals surface area contributed by atoms with E-state index in [-0.39, 0.29) is 5.75 Å². The van der Waals surface area contributed by atoms with Crippen LogP contribution in [0.4, 0.5) is 4.79 Å². The van der Waals surface area contributed by atoms with Crippen LogP contribution in [0.1, 0.15) is 20.8 Å². The van der Waals surface area contributed by atoms with Crippen LogP contribution < -0.4 is 0 Å². The Bertz CT molecular complexity index is 840. The van der Waals surface area contributed by atoms with Gasteiger partial charge in [-0.1, -0.05) is 18.2 Å². The fourth-order valence-electron chi connectivity index (χ4n) is 2.46. The summed E-state index contributed by atoms with van der Waals surface area (Å²) in [6.45, 7) is 5.49. The Morgan fingerprint density at radius 1 is 1.05 bits per heavy atom. The molecule has 4 heteroatoms. The van der Waals surface area contributed by atoms with E-state index in [1.165, 1.54) is 4.57 Å². The quantitative estimate of drug-likeness (QED) is 0.669. The minimum atomic E-state index is -0.578. The summed E-state index contributed by atoms with van der Waals surface area (Å²) in [7, 11) is 0. The number of carbonyl (C=O) groups excluding carboxylic acids is 1. The van der Waals surface area contributed by atoms with Crippen molar-refractivity contribution in [3.63, 3.8) is 0 Å². The Kier molecular flexibility index (Phi) is 2.90. The molecule has 4 nitrogen and oxygen atoms in total. The predicted molar refractivity (Wildman–Crippen MR) is 82.7 cm³/mol. The second-order valence-electron chi connectivity index (χ2n) is 6.03. The highest BCUT2D eigenvalue weighted by Gasteiger charge is 2.22. The lowest BCUT2D eigenvalue weighted by Gasteiger charge is -2.20. The number of nitrogens with zero attached hydrogens (tertiary/aromatic N) is 1. The summed E-state index contributed by atoms with van der Waals surface area (Å²) in [6.07, 6.45) is -0.445. The first kappa shape index (κ1) is 13.5. The molecule has 0 atom stereocenters. The molecule has 108 valence electrons. The number of aromatic hydroxyl groups is 1. The third-order valence-corrected chi connectivity index (χ3v) is 3.23. The number of phenolic OH excluding ortho intramolecular Hbond substituents is 1. The molecular formula is C17H17NO3. The number of rotatable bonds is 0. The molecule has 21 heavy (non-hydrogen) atoms. The van der Waals surface area contributed by atoms with Crippen LogP contribution in [0.2, 0.25) is 0 Å². The topological polar surface area (TPSA) is 51.5 Å². The van der Waals surface area contributed by atoms with Crippen molar-refractivity contribution in [1.82, 2.24) is 4.57 Å². The van der Waals surface area contributed by atoms with Gasteiger partial charge in [0.2, 0.25) is 0 Å². The van der Waals surface area contributed by atoms with Crippen molar-refractivity contribution in [3.8, 4) is 5.75 Å². The molecule has 0 aliphatic heterocycles. The van der Waals surface area contributed by atoms with Gasteiger partial charge in [-0.3, -0.25) is 0 Å². The van der Waals surface area contributed by atoms with Crippen molar-refractivity contribution >= 4 is 27.9 Å². The molecule has 1 N–H and O–H groups in total. The first-order chi connectivity index (χ1) is 9.87. The molecule has 0 radical (unpaired) electrons. The molecule has 1 heterocycles. The van der Waals surface area contributed by atoms with E-state index in [9.17, 15) is 9.90 Å². The van der Waals surface area contributed by atoms with Crippen molar-refractivity contribution in [2.24, 2.45) is 0 Å². The zero-order chi connectivity index (χ0) is 15.2. The van der Waals surface area contributed by atoms with Gasteiger partial charge in [0, 0.05) is 16.8 Å². The van der Waals surface area contributed by atoms with E-state index >= 15 is 0 Å². The van der Waals surface area contributed by atoms with E-state index < -0.39 is 11.7 Å². The molecule has 0 aliphatic carbocycles. The van der Waals surface area contributed by atoms with E-state index in [1.54, 1.807) is 12.1 Å². The third-order valence-electron chi connectivity index (χ3n) is 3.23.